The van der Waals surface area contributed by atoms with Gasteiger partial charge >= 0.3 is 47.8 Å². The molecular weight excluding hydrogens is 1360 g/mol. The predicted octanol–water partition coefficient (Wildman–Crippen LogP) is 18.8. The number of hydrogen-bond acceptors (Lipinski definition) is 18. The largest absolute Gasteiger partial charge is 0.493 e. The van der Waals surface area contributed by atoms with Crippen molar-refractivity contribution < 1.29 is 85.7 Å². The van der Waals surface area contributed by atoms with Gasteiger partial charge in [0.25, 0.3) is 0 Å². The van der Waals surface area contributed by atoms with Gasteiger partial charge in [-0.3, -0.25) is 19.2 Å². The molecule has 8 fully saturated rings. The lowest BCUT2D eigenvalue weighted by Gasteiger charge is -2.35. The Morgan fingerprint density at radius 1 is 0.327 bits per heavy atom. The summed E-state index contributed by atoms with van der Waals surface area (Å²) in [4.78, 5) is 119. The second-order valence-corrected chi connectivity index (χ2v) is 35.5. The van der Waals surface area contributed by atoms with Gasteiger partial charge in [-0.15, -0.1) is 0 Å². The number of ether oxygens (including phenoxy) is 10. The van der Waals surface area contributed by atoms with Crippen LogP contribution < -0.4 is 28.4 Å². The lowest BCUT2D eigenvalue weighted by atomic mass is 9.66. The fourth-order valence-corrected chi connectivity index (χ4v) is 20.4. The number of benzene rings is 6. The van der Waals surface area contributed by atoms with Crippen LogP contribution in [0.1, 0.15) is 245 Å². The number of carbonyl (C=O) groups excluding carboxylic acids is 8. The molecule has 0 amide bonds. The van der Waals surface area contributed by atoms with E-state index < -0.39 is 113 Å². The highest BCUT2D eigenvalue weighted by Crippen LogP contribution is 2.70. The average Bonchev–Trinajstić information content (AvgIpc) is 1.57. The Labute approximate surface area is 625 Å². The van der Waals surface area contributed by atoms with E-state index in [1.54, 1.807) is 36.4 Å². The number of hydrogen-bond donors (Lipinski definition) is 0. The van der Waals surface area contributed by atoms with Gasteiger partial charge in [-0.25, -0.2) is 19.2 Å². The molecule has 0 unspecified atom stereocenters. The van der Waals surface area contributed by atoms with Gasteiger partial charge in [0, 0.05) is 93.1 Å². The lowest BCUT2D eigenvalue weighted by Crippen LogP contribution is -2.50. The molecule has 8 aliphatic rings. The first-order valence-corrected chi connectivity index (χ1v) is 39.6. The molecule has 570 valence electrons. The number of aromatic nitrogens is 1. The molecule has 15 rings (SSSR count). The van der Waals surface area contributed by atoms with Crippen LogP contribution in [0.5, 0.6) is 34.5 Å². The van der Waals surface area contributed by atoms with Crippen LogP contribution in [0.15, 0.2) is 60.7 Å². The molecule has 4 saturated carbocycles. The van der Waals surface area contributed by atoms with Crippen molar-refractivity contribution in [2.45, 2.75) is 274 Å². The van der Waals surface area contributed by atoms with Gasteiger partial charge < -0.3 is 51.9 Å². The monoisotopic (exact) mass is 1460 g/mol. The minimum atomic E-state index is -1.70. The number of fused-ring (bicyclic) bond motifs is 19. The first kappa shape index (κ1) is 74.0. The Morgan fingerprint density at radius 3 is 0.907 bits per heavy atom. The van der Waals surface area contributed by atoms with Crippen molar-refractivity contribution >= 4 is 113 Å². The second kappa shape index (κ2) is 25.3. The van der Waals surface area contributed by atoms with Crippen molar-refractivity contribution in [3.05, 3.63) is 60.7 Å². The van der Waals surface area contributed by atoms with Gasteiger partial charge in [0.05, 0.1) is 34.9 Å². The Balaban J connectivity index is 1.05. The minimum Gasteiger partial charge on any atom is -0.493 e. The van der Waals surface area contributed by atoms with Crippen molar-refractivity contribution in [2.24, 2.45) is 43.3 Å². The number of rotatable bonds is 27. The molecule has 5 heterocycles. The molecule has 0 radical (unpaired) electrons. The van der Waals surface area contributed by atoms with E-state index in [1.807, 2.05) is 95.2 Å². The van der Waals surface area contributed by atoms with Crippen molar-refractivity contribution in [3.63, 3.8) is 0 Å². The summed E-state index contributed by atoms with van der Waals surface area (Å²) in [5.41, 5.74) is -13.2. The first-order chi connectivity index (χ1) is 50.6. The van der Waals surface area contributed by atoms with E-state index in [1.165, 1.54) is 32.1 Å². The zero-order valence-corrected chi connectivity index (χ0v) is 65.2. The molecule has 8 bridgehead atoms. The maximum absolute atomic E-state index is 15.8. The van der Waals surface area contributed by atoms with Gasteiger partial charge in [-0.1, -0.05) is 147 Å². The van der Waals surface area contributed by atoms with E-state index in [2.05, 4.69) is 37.5 Å². The highest BCUT2D eigenvalue weighted by Gasteiger charge is 2.80. The third-order valence-electron chi connectivity index (χ3n) is 29.8. The highest BCUT2D eigenvalue weighted by atomic mass is 16.6. The van der Waals surface area contributed by atoms with Crippen LogP contribution in [0, 0.1) is 43.3 Å². The number of nitrogens with zero attached hydrogens (tertiary/aromatic N) is 1. The molecule has 19 nitrogen and oxygen atoms in total. The Morgan fingerprint density at radius 2 is 0.617 bits per heavy atom. The summed E-state index contributed by atoms with van der Waals surface area (Å²) in [6, 6.07) is 18.1. The third-order valence-corrected chi connectivity index (χ3v) is 29.8. The Bertz CT molecular complexity index is 4700. The zero-order chi connectivity index (χ0) is 76.4. The summed E-state index contributed by atoms with van der Waals surface area (Å²) in [6.07, 6.45) is 16.3. The van der Waals surface area contributed by atoms with Crippen molar-refractivity contribution in [1.29, 1.82) is 0 Å². The van der Waals surface area contributed by atoms with Gasteiger partial charge in [0.15, 0.2) is 0 Å². The molecule has 4 saturated heterocycles. The second-order valence-electron chi connectivity index (χ2n) is 35.5. The van der Waals surface area contributed by atoms with Gasteiger partial charge in [0.2, 0.25) is 22.4 Å². The van der Waals surface area contributed by atoms with Crippen molar-refractivity contribution in [2.75, 3.05) is 13.2 Å². The minimum absolute atomic E-state index is 0.0472. The smallest absolute Gasteiger partial charge is 0.356 e. The standard InChI is InChI=1S/C88H105NO18/c1-16-19-22-23-24-25-26-27-28-29-46-89-55-32-30-51-61(98-47-20-17-2)49-53-57(100-73(94)85-42-38-81(12,69(90)104-85)77(85,4)5)34-36-59(102-75(96)87-44-40-83(14,71(92)106-87)79(87,8)9)63(53)65(51)67(55)68-56(89)33-31-52-62(99-48-21-18-3)50-54-58(101-74(95)86-43-39-82(13,70(91)105-86)78(86,6)7)35-37-60(64(54)66(52)68)103-76(97)88-45-41-84(15,72(93)107-88)80(88,10)11/h30-37,49-50H,16-29,38-48H2,1-15H3/t81-,82-,83-,84-,85+,86+,87+,88+/m0/s1. The van der Waals surface area contributed by atoms with Gasteiger partial charge in [-0.05, 0) is 159 Å². The predicted molar refractivity (Wildman–Crippen MR) is 404 cm³/mol. The highest BCUT2D eigenvalue weighted by molar-refractivity contribution is 6.38. The molecule has 4 aliphatic carbocycles. The molecule has 19 heteroatoms. The molecule has 7 aromatic rings. The maximum atomic E-state index is 15.8. The van der Waals surface area contributed by atoms with Crippen LogP contribution in [-0.4, -0.2) is 87.9 Å². The Kier molecular flexibility index (Phi) is 17.5. The topological polar surface area (TPSA) is 234 Å². The van der Waals surface area contributed by atoms with E-state index >= 15 is 19.2 Å². The Hall–Kier alpha value is -8.48. The summed E-state index contributed by atoms with van der Waals surface area (Å²) in [6.45, 7) is 29.7. The molecule has 0 spiro atoms. The quantitative estimate of drug-likeness (QED) is 0.0153. The zero-order valence-electron chi connectivity index (χ0n) is 65.2. The number of esters is 8. The maximum Gasteiger partial charge on any atom is 0.356 e. The molecule has 6 aromatic carbocycles. The van der Waals surface area contributed by atoms with Crippen LogP contribution in [0.4, 0.5) is 0 Å². The first-order valence-electron chi connectivity index (χ1n) is 39.6. The fourth-order valence-electron chi connectivity index (χ4n) is 20.4. The SMILES string of the molecule is CCCCCCCCCCCCn1c2ccc3c(OCCCC)cc4c(OC(=O)[C@@]56CC[C@@](C)(C(=O)O5)C6(C)C)ccc(OC(=O)[C@@]56CC[C@@](C)(C(=O)O5)C6(C)C)c4c3c2c2c3c(ccc21)c(OCCCC)cc1c(OC(=O)[C@@]24CC[C@@](C)(C(=O)O2)C4(C)C)ccc(OC(=O)[C@@]24CC[C@@](C)(C(=O)O2)C4(C)C)c13. The van der Waals surface area contributed by atoms with E-state index in [-0.39, 0.29) is 61.9 Å². The summed E-state index contributed by atoms with van der Waals surface area (Å²) in [7, 11) is 0. The summed E-state index contributed by atoms with van der Waals surface area (Å²) in [5.74, 6) is -4.05. The fraction of sp³-hybridized carbons (Fsp3) is 0.591. The summed E-state index contributed by atoms with van der Waals surface area (Å²) in [5, 5.41) is 4.65. The lowest BCUT2D eigenvalue weighted by molar-refractivity contribution is -0.176. The molecular formula is C88H105NO18. The molecule has 0 N–H and O–H groups in total. The summed E-state index contributed by atoms with van der Waals surface area (Å²) >= 11 is 0. The number of aryl methyl sites for hydroxylation is 1. The van der Waals surface area contributed by atoms with Crippen LogP contribution in [0.2, 0.25) is 0 Å². The van der Waals surface area contributed by atoms with E-state index in [9.17, 15) is 19.2 Å². The normalized spacial score (nSPS) is 29.2. The average molecular weight is 1460 g/mol. The van der Waals surface area contributed by atoms with Crippen LogP contribution in [0.3, 0.4) is 0 Å². The van der Waals surface area contributed by atoms with Crippen LogP contribution >= 0.6 is 0 Å². The number of carbonyl (C=O) groups is 8. The molecule has 4 aliphatic heterocycles. The van der Waals surface area contributed by atoms with Gasteiger partial charge in [0.1, 0.15) is 34.5 Å². The van der Waals surface area contributed by atoms with Gasteiger partial charge in [-0.2, -0.15) is 0 Å². The van der Waals surface area contributed by atoms with Crippen molar-refractivity contribution in [3.8, 4) is 34.5 Å². The molecule has 8 atom stereocenters. The van der Waals surface area contributed by atoms with E-state index in [0.29, 0.717) is 110 Å². The number of unbranched alkanes of at least 4 members (excludes halogenated alkanes) is 11. The molecule has 107 heavy (non-hydrogen) atoms. The molecule has 1 aromatic heterocycles. The third kappa shape index (κ3) is 9.79. The van der Waals surface area contributed by atoms with Crippen molar-refractivity contribution in [1.82, 2.24) is 4.57 Å². The summed E-state index contributed by atoms with van der Waals surface area (Å²) < 4.78 is 68.7. The van der Waals surface area contributed by atoms with Crippen LogP contribution in [-0.2, 0) is 63.8 Å². The van der Waals surface area contributed by atoms with E-state index in [0.717, 1.165) is 56.0 Å². The van der Waals surface area contributed by atoms with Crippen LogP contribution in [0.25, 0.3) is 64.9 Å². The van der Waals surface area contributed by atoms with E-state index in [4.69, 9.17) is 47.4 Å².